The number of anilines is 1. The first kappa shape index (κ1) is 14.7. The molecular weight excluding hydrogens is 323 g/mol. The fourth-order valence-corrected chi connectivity index (χ4v) is 2.69. The van der Waals surface area contributed by atoms with Crippen molar-refractivity contribution >= 4 is 28.1 Å². The second-order valence-corrected chi connectivity index (χ2v) is 5.44. The van der Waals surface area contributed by atoms with E-state index in [2.05, 4.69) is 20.5 Å². The van der Waals surface area contributed by atoms with E-state index in [1.54, 1.807) is 5.01 Å². The summed E-state index contributed by atoms with van der Waals surface area (Å²) < 4.78 is 40.9. The molecule has 0 radical (unpaired) electrons. The number of hydrogen-bond acceptors (Lipinski definition) is 6. The van der Waals surface area contributed by atoms with Gasteiger partial charge >= 0.3 is 6.18 Å². The molecule has 0 aliphatic carbocycles. The number of rotatable bonds is 1. The zero-order valence-corrected chi connectivity index (χ0v) is 12.5. The van der Waals surface area contributed by atoms with Crippen LogP contribution in [0.15, 0.2) is 24.4 Å². The number of nitrogen functional groups attached to an aromatic ring is 1. The van der Waals surface area contributed by atoms with Gasteiger partial charge in [0.1, 0.15) is 0 Å². The Bertz CT molecular complexity index is 989. The Balaban J connectivity index is 2.01. The molecule has 0 bridgehead atoms. The van der Waals surface area contributed by atoms with Crippen LogP contribution in [0.3, 0.4) is 0 Å². The van der Waals surface area contributed by atoms with Gasteiger partial charge in [0.25, 0.3) is 0 Å². The molecule has 3 N–H and O–H groups in total. The fourth-order valence-electron chi connectivity index (χ4n) is 2.69. The molecule has 0 unspecified atom stereocenters. The van der Waals surface area contributed by atoms with Crippen LogP contribution in [0, 0.1) is 0 Å². The highest BCUT2D eigenvalue weighted by Crippen LogP contribution is 2.35. The highest BCUT2D eigenvalue weighted by atomic mass is 19.4. The molecule has 0 fully saturated rings. The smallest absolute Gasteiger partial charge is 0.368 e. The van der Waals surface area contributed by atoms with E-state index in [1.165, 1.54) is 16.6 Å². The summed E-state index contributed by atoms with van der Waals surface area (Å²) in [6.45, 7) is 0.520. The molecule has 0 atom stereocenters. The zero-order valence-electron chi connectivity index (χ0n) is 12.5. The number of alkyl halides is 3. The first-order chi connectivity index (χ1) is 11.3. The Labute approximate surface area is 133 Å². The molecule has 3 heterocycles. The quantitative estimate of drug-likeness (QED) is 0.704. The summed E-state index contributed by atoms with van der Waals surface area (Å²) in [5, 5.41) is 6.27. The number of nitrogens with one attached hydrogen (secondary N) is 1. The van der Waals surface area contributed by atoms with Crippen molar-refractivity contribution in [2.24, 2.45) is 0 Å². The van der Waals surface area contributed by atoms with Crippen molar-refractivity contribution in [3.05, 3.63) is 35.8 Å². The third-order valence-corrected chi connectivity index (χ3v) is 3.79. The maximum Gasteiger partial charge on any atom is 0.418 e. The van der Waals surface area contributed by atoms with Crippen molar-refractivity contribution < 1.29 is 13.2 Å². The maximum absolute atomic E-state index is 13.2. The number of fused-ring (bicyclic) bond motifs is 3. The van der Waals surface area contributed by atoms with Crippen molar-refractivity contribution in [3.8, 4) is 0 Å². The molecule has 1 aliphatic rings. The summed E-state index contributed by atoms with van der Waals surface area (Å²) in [4.78, 5) is 8.27. The van der Waals surface area contributed by atoms with Crippen molar-refractivity contribution in [3.63, 3.8) is 0 Å². The van der Waals surface area contributed by atoms with Gasteiger partial charge in [0, 0.05) is 30.8 Å². The topological polar surface area (TPSA) is 84.4 Å². The standard InChI is InChI=1S/C14H12F3N7/c1-23-6-7(5-19-23)11-21-12-8-3-2-4-9(14(15,16)17)10(8)20-13(18)24(12)22-11/h2-4,6,19H,5H2,1H3,(H2,18,20). The van der Waals surface area contributed by atoms with Crippen LogP contribution in [-0.4, -0.2) is 38.2 Å². The Hall–Kier alpha value is -2.88. The number of aromatic nitrogens is 4. The second kappa shape index (κ2) is 4.81. The monoisotopic (exact) mass is 335 g/mol. The molecular formula is C14H12F3N7. The van der Waals surface area contributed by atoms with E-state index in [0.717, 1.165) is 11.6 Å². The SMILES string of the molecule is CN1C=C(c2nc3c4cccc(C(F)(F)F)c4nc(N)n3n2)CN1. The van der Waals surface area contributed by atoms with Gasteiger partial charge in [0.05, 0.1) is 11.1 Å². The summed E-state index contributed by atoms with van der Waals surface area (Å²) >= 11 is 0. The van der Waals surface area contributed by atoms with Gasteiger partial charge in [-0.25, -0.2) is 15.4 Å². The van der Waals surface area contributed by atoms with E-state index in [0.29, 0.717) is 12.4 Å². The molecule has 0 saturated carbocycles. The molecule has 0 spiro atoms. The molecule has 3 aromatic rings. The van der Waals surface area contributed by atoms with Gasteiger partial charge in [0.2, 0.25) is 5.95 Å². The summed E-state index contributed by atoms with van der Waals surface area (Å²) in [5.74, 6) is 0.248. The summed E-state index contributed by atoms with van der Waals surface area (Å²) in [5.41, 5.74) is 8.83. The molecule has 0 amide bonds. The van der Waals surface area contributed by atoms with Gasteiger partial charge in [-0.05, 0) is 12.1 Å². The minimum Gasteiger partial charge on any atom is -0.368 e. The van der Waals surface area contributed by atoms with Crippen molar-refractivity contribution in [1.82, 2.24) is 30.0 Å². The van der Waals surface area contributed by atoms with Gasteiger partial charge in [-0.2, -0.15) is 17.7 Å². The first-order valence-corrected chi connectivity index (χ1v) is 7.04. The molecule has 24 heavy (non-hydrogen) atoms. The van der Waals surface area contributed by atoms with Crippen molar-refractivity contribution in [1.29, 1.82) is 0 Å². The number of para-hydroxylation sites is 1. The predicted octanol–water partition coefficient (Wildman–Crippen LogP) is 1.67. The van der Waals surface area contributed by atoms with E-state index >= 15 is 0 Å². The van der Waals surface area contributed by atoms with Gasteiger partial charge < -0.3 is 10.7 Å². The van der Waals surface area contributed by atoms with Gasteiger partial charge in [-0.3, -0.25) is 0 Å². The molecule has 10 heteroatoms. The number of halogens is 3. The highest BCUT2D eigenvalue weighted by Gasteiger charge is 2.34. The number of hydrogen-bond donors (Lipinski definition) is 2. The Morgan fingerprint density at radius 2 is 2.04 bits per heavy atom. The van der Waals surface area contributed by atoms with Crippen LogP contribution in [0.1, 0.15) is 11.4 Å². The van der Waals surface area contributed by atoms with Crippen LogP contribution in [0.5, 0.6) is 0 Å². The van der Waals surface area contributed by atoms with E-state index in [-0.39, 0.29) is 22.5 Å². The summed E-state index contributed by atoms with van der Waals surface area (Å²) in [6, 6.07) is 3.82. The Kier molecular flexibility index (Phi) is 2.94. The molecule has 124 valence electrons. The molecule has 1 aromatic carbocycles. The van der Waals surface area contributed by atoms with Crippen molar-refractivity contribution in [2.45, 2.75) is 6.18 Å². The molecule has 7 nitrogen and oxygen atoms in total. The van der Waals surface area contributed by atoms with Crippen LogP contribution >= 0.6 is 0 Å². The lowest BCUT2D eigenvalue weighted by atomic mass is 10.1. The third kappa shape index (κ3) is 2.14. The van der Waals surface area contributed by atoms with Crippen LogP contribution in [0.25, 0.3) is 22.1 Å². The lowest BCUT2D eigenvalue weighted by Crippen LogP contribution is -2.23. The molecule has 4 rings (SSSR count). The average molecular weight is 335 g/mol. The lowest BCUT2D eigenvalue weighted by molar-refractivity contribution is -0.136. The third-order valence-electron chi connectivity index (χ3n) is 3.79. The van der Waals surface area contributed by atoms with Gasteiger partial charge in [-0.1, -0.05) is 6.07 Å². The second-order valence-electron chi connectivity index (χ2n) is 5.44. The summed E-state index contributed by atoms with van der Waals surface area (Å²) in [6.07, 6.45) is -2.72. The average Bonchev–Trinajstić information content (AvgIpc) is 3.12. The van der Waals surface area contributed by atoms with E-state index in [1.807, 2.05) is 13.2 Å². The predicted molar refractivity (Wildman–Crippen MR) is 81.4 cm³/mol. The van der Waals surface area contributed by atoms with Crippen LogP contribution in [0.4, 0.5) is 19.1 Å². The highest BCUT2D eigenvalue weighted by molar-refractivity contribution is 5.94. The number of benzene rings is 1. The van der Waals surface area contributed by atoms with E-state index in [9.17, 15) is 13.2 Å². The Morgan fingerprint density at radius 3 is 2.71 bits per heavy atom. The Morgan fingerprint density at radius 1 is 1.25 bits per heavy atom. The lowest BCUT2D eigenvalue weighted by Gasteiger charge is -2.10. The normalized spacial score (nSPS) is 15.5. The maximum atomic E-state index is 13.2. The van der Waals surface area contributed by atoms with Crippen LogP contribution < -0.4 is 11.2 Å². The first-order valence-electron chi connectivity index (χ1n) is 7.04. The van der Waals surface area contributed by atoms with Crippen molar-refractivity contribution in [2.75, 3.05) is 19.3 Å². The number of hydrazine groups is 1. The molecule has 2 aromatic heterocycles. The minimum absolute atomic E-state index is 0.145. The van der Waals surface area contributed by atoms with E-state index in [4.69, 9.17) is 5.73 Å². The molecule has 0 saturated heterocycles. The van der Waals surface area contributed by atoms with E-state index < -0.39 is 11.7 Å². The molecule has 1 aliphatic heterocycles. The summed E-state index contributed by atoms with van der Waals surface area (Å²) in [7, 11) is 1.82. The van der Waals surface area contributed by atoms with Gasteiger partial charge in [0.15, 0.2) is 11.5 Å². The number of nitrogens with zero attached hydrogens (tertiary/aromatic N) is 5. The van der Waals surface area contributed by atoms with Crippen LogP contribution in [-0.2, 0) is 6.18 Å². The van der Waals surface area contributed by atoms with Gasteiger partial charge in [-0.15, -0.1) is 5.10 Å². The zero-order chi connectivity index (χ0) is 17.1. The van der Waals surface area contributed by atoms with Crippen LogP contribution in [0.2, 0.25) is 0 Å². The minimum atomic E-state index is -4.53. The number of nitrogens with two attached hydrogens (primary N) is 1. The largest absolute Gasteiger partial charge is 0.418 e. The fraction of sp³-hybridized carbons (Fsp3) is 0.214.